The molecule has 2 aromatic carbocycles. The van der Waals surface area contributed by atoms with Crippen LogP contribution in [0.5, 0.6) is 5.75 Å². The number of thioether (sulfide) groups is 1. The molecule has 1 heterocycles. The van der Waals surface area contributed by atoms with Crippen LogP contribution in [0.4, 0.5) is 0 Å². The van der Waals surface area contributed by atoms with E-state index in [1.807, 2.05) is 11.8 Å². The van der Waals surface area contributed by atoms with E-state index in [1.165, 1.54) is 28.9 Å². The fraction of sp³-hybridized carbons (Fsp3) is 0.458. The fourth-order valence-electron chi connectivity index (χ4n) is 3.52. The minimum Gasteiger partial charge on any atom is -0.491 e. The van der Waals surface area contributed by atoms with Crippen LogP contribution in [0.25, 0.3) is 0 Å². The van der Waals surface area contributed by atoms with Gasteiger partial charge < -0.3 is 4.74 Å². The summed E-state index contributed by atoms with van der Waals surface area (Å²) in [6.45, 7) is 8.68. The highest BCUT2D eigenvalue weighted by Crippen LogP contribution is 2.39. The molecule has 144 valence electrons. The number of rotatable bonds is 7. The molecule has 0 saturated carbocycles. The van der Waals surface area contributed by atoms with Gasteiger partial charge in [0.05, 0.1) is 17.4 Å². The van der Waals surface area contributed by atoms with Gasteiger partial charge in [-0.1, -0.05) is 57.0 Å². The molecule has 0 spiro atoms. The van der Waals surface area contributed by atoms with Gasteiger partial charge in [0.25, 0.3) is 0 Å². The lowest BCUT2D eigenvalue weighted by Crippen LogP contribution is -2.29. The number of ether oxygens (including phenoxy) is 1. The van der Waals surface area contributed by atoms with E-state index in [1.54, 1.807) is 0 Å². The van der Waals surface area contributed by atoms with Gasteiger partial charge in [0.15, 0.2) is 0 Å². The molecule has 2 aromatic rings. The van der Waals surface area contributed by atoms with Crippen molar-refractivity contribution in [3.63, 3.8) is 0 Å². The largest absolute Gasteiger partial charge is 0.491 e. The second-order valence-electron chi connectivity index (χ2n) is 7.62. The van der Waals surface area contributed by atoms with E-state index in [-0.39, 0.29) is 11.6 Å². The first-order valence-electron chi connectivity index (χ1n) is 10.2. The number of aliphatic imine (C=N–C) groups is 1. The van der Waals surface area contributed by atoms with Gasteiger partial charge in [-0.2, -0.15) is 0 Å². The molecule has 27 heavy (non-hydrogen) atoms. The predicted molar refractivity (Wildman–Crippen MR) is 118 cm³/mol. The van der Waals surface area contributed by atoms with Crippen LogP contribution in [0.15, 0.2) is 58.4 Å². The quantitative estimate of drug-likeness (QED) is 0.528. The molecule has 0 bridgehead atoms. The van der Waals surface area contributed by atoms with Gasteiger partial charge in [0, 0.05) is 21.8 Å². The predicted octanol–water partition coefficient (Wildman–Crippen LogP) is 6.76. The van der Waals surface area contributed by atoms with Crippen molar-refractivity contribution in [1.82, 2.24) is 0 Å². The molecule has 0 N–H and O–H groups in total. The van der Waals surface area contributed by atoms with Gasteiger partial charge in [-0.25, -0.2) is 0 Å². The highest BCUT2D eigenvalue weighted by Gasteiger charge is 2.32. The lowest BCUT2D eigenvalue weighted by molar-refractivity contribution is 0.242. The highest BCUT2D eigenvalue weighted by atomic mass is 32.2. The summed E-state index contributed by atoms with van der Waals surface area (Å²) in [6.07, 6.45) is 4.81. The molecule has 0 amide bonds. The summed E-state index contributed by atoms with van der Waals surface area (Å²) in [5, 5.41) is 0. The molecule has 3 heteroatoms. The summed E-state index contributed by atoms with van der Waals surface area (Å²) in [7, 11) is 0. The first-order valence-corrected chi connectivity index (χ1v) is 11.1. The zero-order chi connectivity index (χ0) is 19.3. The third kappa shape index (κ3) is 4.76. The molecule has 1 aliphatic heterocycles. The zero-order valence-corrected chi connectivity index (χ0v) is 17.8. The maximum Gasteiger partial charge on any atom is 0.120 e. The molecule has 0 aliphatic carbocycles. The number of hydrogen-bond acceptors (Lipinski definition) is 3. The normalized spacial score (nSPS) is 19.4. The van der Waals surface area contributed by atoms with E-state index >= 15 is 0 Å². The summed E-state index contributed by atoms with van der Waals surface area (Å²) < 4.78 is 5.98. The Morgan fingerprint density at radius 2 is 1.89 bits per heavy atom. The van der Waals surface area contributed by atoms with E-state index < -0.39 is 0 Å². The molecule has 2 nitrogen and oxygen atoms in total. The molecule has 1 unspecified atom stereocenters. The molecule has 1 aliphatic rings. The molecule has 0 saturated heterocycles. The van der Waals surface area contributed by atoms with E-state index in [0.29, 0.717) is 0 Å². The van der Waals surface area contributed by atoms with E-state index in [9.17, 15) is 0 Å². The van der Waals surface area contributed by atoms with Crippen LogP contribution >= 0.6 is 11.8 Å². The minimum atomic E-state index is 0.00391. The Morgan fingerprint density at radius 1 is 1.11 bits per heavy atom. The van der Waals surface area contributed by atoms with Crippen molar-refractivity contribution in [2.24, 2.45) is 4.99 Å². The number of fused-ring (bicyclic) bond motifs is 1. The average Bonchev–Trinajstić information content (AvgIpc) is 2.84. The van der Waals surface area contributed by atoms with Crippen LogP contribution in [-0.4, -0.2) is 23.1 Å². The van der Waals surface area contributed by atoms with E-state index in [0.717, 1.165) is 30.1 Å². The van der Waals surface area contributed by atoms with E-state index in [4.69, 9.17) is 9.73 Å². The second-order valence-corrected chi connectivity index (χ2v) is 8.64. The Hall–Kier alpha value is -1.74. The van der Waals surface area contributed by atoms with Crippen LogP contribution in [0.2, 0.25) is 0 Å². The Bertz CT molecular complexity index is 784. The third-order valence-electron chi connectivity index (χ3n) is 5.12. The Kier molecular flexibility index (Phi) is 6.64. The topological polar surface area (TPSA) is 21.6 Å². The maximum atomic E-state index is 5.98. The highest BCUT2D eigenvalue weighted by molar-refractivity contribution is 7.99. The standard InChI is InChI=1S/C24H31NOS/c1-5-7-15-24(6-2)17-27-22-14-13-20(26-18(3)4)16-21(22)23(25-24)19-11-9-8-10-12-19/h8-14,16,18H,5-7,15,17H2,1-4H3. The number of nitrogens with zero attached hydrogens (tertiary/aromatic N) is 1. The molecule has 3 rings (SSSR count). The van der Waals surface area contributed by atoms with Crippen LogP contribution in [-0.2, 0) is 0 Å². The minimum absolute atomic E-state index is 0.00391. The summed E-state index contributed by atoms with van der Waals surface area (Å²) in [4.78, 5) is 6.74. The first-order chi connectivity index (χ1) is 13.1. The van der Waals surface area contributed by atoms with Crippen molar-refractivity contribution in [2.75, 3.05) is 5.75 Å². The van der Waals surface area contributed by atoms with Crippen molar-refractivity contribution in [3.05, 3.63) is 59.7 Å². The summed E-state index contributed by atoms with van der Waals surface area (Å²) in [5.41, 5.74) is 3.51. The molecular weight excluding hydrogens is 350 g/mol. The molecule has 1 atom stereocenters. The zero-order valence-electron chi connectivity index (χ0n) is 17.0. The van der Waals surface area contributed by atoms with Gasteiger partial charge >= 0.3 is 0 Å². The van der Waals surface area contributed by atoms with Crippen molar-refractivity contribution in [1.29, 1.82) is 0 Å². The number of unbranched alkanes of at least 4 members (excludes halogenated alkanes) is 1. The van der Waals surface area contributed by atoms with Crippen molar-refractivity contribution in [2.45, 2.75) is 69.9 Å². The lowest BCUT2D eigenvalue weighted by atomic mass is 9.91. The number of benzene rings is 2. The van der Waals surface area contributed by atoms with E-state index in [2.05, 4.69) is 76.2 Å². The Labute approximate surface area is 168 Å². The Morgan fingerprint density at radius 3 is 2.56 bits per heavy atom. The van der Waals surface area contributed by atoms with Gasteiger partial charge in [0.2, 0.25) is 0 Å². The molecule has 0 aromatic heterocycles. The fourth-order valence-corrected chi connectivity index (χ4v) is 4.83. The van der Waals surface area contributed by atoms with Gasteiger partial charge in [-0.3, -0.25) is 4.99 Å². The van der Waals surface area contributed by atoms with Crippen LogP contribution < -0.4 is 4.74 Å². The summed E-state index contributed by atoms with van der Waals surface area (Å²) >= 11 is 1.95. The SMILES string of the molecule is CCCCC1(CC)CSc2ccc(OC(C)C)cc2C(c2ccccc2)=N1. The van der Waals surface area contributed by atoms with Crippen LogP contribution in [0.1, 0.15) is 64.5 Å². The molecule has 0 radical (unpaired) electrons. The van der Waals surface area contributed by atoms with Crippen molar-refractivity contribution in [3.8, 4) is 5.75 Å². The third-order valence-corrected chi connectivity index (χ3v) is 6.47. The van der Waals surface area contributed by atoms with Gasteiger partial charge in [-0.15, -0.1) is 11.8 Å². The summed E-state index contributed by atoms with van der Waals surface area (Å²) in [5.74, 6) is 1.96. The summed E-state index contributed by atoms with van der Waals surface area (Å²) in [6, 6.07) is 17.1. The maximum absolute atomic E-state index is 5.98. The number of hydrogen-bond donors (Lipinski definition) is 0. The first kappa shape index (κ1) is 20.0. The molecular formula is C24H31NOS. The monoisotopic (exact) mass is 381 g/mol. The van der Waals surface area contributed by atoms with Crippen LogP contribution in [0, 0.1) is 0 Å². The van der Waals surface area contributed by atoms with Crippen LogP contribution in [0.3, 0.4) is 0 Å². The average molecular weight is 382 g/mol. The van der Waals surface area contributed by atoms with Gasteiger partial charge in [-0.05, 0) is 44.9 Å². The second kappa shape index (κ2) is 8.97. The van der Waals surface area contributed by atoms with Crippen molar-refractivity contribution >= 4 is 17.5 Å². The smallest absolute Gasteiger partial charge is 0.120 e. The van der Waals surface area contributed by atoms with Gasteiger partial charge in [0.1, 0.15) is 5.75 Å². The lowest BCUT2D eigenvalue weighted by Gasteiger charge is -2.28. The molecule has 0 fully saturated rings. The van der Waals surface area contributed by atoms with Crippen molar-refractivity contribution < 1.29 is 4.74 Å². The Balaban J connectivity index is 2.13.